The lowest BCUT2D eigenvalue weighted by Crippen LogP contribution is -2.33. The van der Waals surface area contributed by atoms with Crippen LogP contribution >= 0.6 is 0 Å². The number of H-pyrrole nitrogens is 1. The minimum Gasteiger partial charge on any atom is -0.365 e. The van der Waals surface area contributed by atoms with E-state index in [0.717, 1.165) is 29.8 Å². The smallest absolute Gasteiger partial charge is 0.328 e. The van der Waals surface area contributed by atoms with Gasteiger partial charge in [-0.2, -0.15) is 0 Å². The first kappa shape index (κ1) is 17.8. The predicted molar refractivity (Wildman–Crippen MR) is 108 cm³/mol. The van der Waals surface area contributed by atoms with Crippen LogP contribution in [-0.4, -0.2) is 22.0 Å². The summed E-state index contributed by atoms with van der Waals surface area (Å²) in [6.45, 7) is 1.47. The summed E-state index contributed by atoms with van der Waals surface area (Å²) in [6.07, 6.45) is 2.26. The third-order valence-corrected chi connectivity index (χ3v) is 4.86. The van der Waals surface area contributed by atoms with E-state index in [1.165, 1.54) is 23.4 Å². The molecule has 0 unspecified atom stereocenters. The molecule has 0 saturated heterocycles. The van der Waals surface area contributed by atoms with Gasteiger partial charge in [0.2, 0.25) is 5.91 Å². The van der Waals surface area contributed by atoms with E-state index in [4.69, 9.17) is 0 Å². The molecule has 2 heterocycles. The van der Waals surface area contributed by atoms with Gasteiger partial charge in [0.15, 0.2) is 0 Å². The number of hydrogen-bond donors (Lipinski definition) is 2. The van der Waals surface area contributed by atoms with E-state index in [2.05, 4.69) is 33.4 Å². The zero-order valence-electron chi connectivity index (χ0n) is 15.2. The van der Waals surface area contributed by atoms with Crippen molar-refractivity contribution in [1.29, 1.82) is 0 Å². The van der Waals surface area contributed by atoms with Crippen molar-refractivity contribution in [1.82, 2.24) is 9.55 Å². The van der Waals surface area contributed by atoms with Crippen LogP contribution in [0.25, 0.3) is 0 Å². The van der Waals surface area contributed by atoms with Crippen LogP contribution in [0.15, 0.2) is 70.4 Å². The van der Waals surface area contributed by atoms with Crippen molar-refractivity contribution in [3.05, 3.63) is 92.8 Å². The third-order valence-electron chi connectivity index (χ3n) is 4.86. The number of carbonyl (C=O) groups excluding carboxylic acids is 1. The Bertz CT molecular complexity index is 1130. The van der Waals surface area contributed by atoms with E-state index < -0.39 is 11.2 Å². The molecule has 2 N–H and O–H groups in total. The average Bonchev–Trinajstić information content (AvgIpc) is 2.70. The fourth-order valence-electron chi connectivity index (χ4n) is 3.47. The lowest BCUT2D eigenvalue weighted by molar-refractivity contribution is -0.116. The molecule has 2 aromatic carbocycles. The van der Waals surface area contributed by atoms with Crippen LogP contribution in [0.3, 0.4) is 0 Å². The maximum Gasteiger partial charge on any atom is 0.328 e. The molecule has 1 aliphatic rings. The number of hydrogen-bond acceptors (Lipinski definition) is 4. The maximum absolute atomic E-state index is 12.5. The Hall–Kier alpha value is -3.61. The summed E-state index contributed by atoms with van der Waals surface area (Å²) in [7, 11) is 0. The summed E-state index contributed by atoms with van der Waals surface area (Å²) in [5, 5.41) is 2.89. The van der Waals surface area contributed by atoms with Gasteiger partial charge in [0, 0.05) is 25.4 Å². The number of rotatable bonds is 4. The molecule has 7 nitrogen and oxygen atoms in total. The van der Waals surface area contributed by atoms with Crippen LogP contribution in [0.4, 0.5) is 11.4 Å². The number of para-hydroxylation sites is 2. The van der Waals surface area contributed by atoms with Crippen molar-refractivity contribution in [3.63, 3.8) is 0 Å². The topological polar surface area (TPSA) is 87.2 Å². The van der Waals surface area contributed by atoms with Crippen molar-refractivity contribution in [2.45, 2.75) is 19.5 Å². The Morgan fingerprint density at radius 3 is 2.57 bits per heavy atom. The van der Waals surface area contributed by atoms with Gasteiger partial charge >= 0.3 is 5.69 Å². The molecule has 0 aliphatic carbocycles. The number of anilines is 2. The van der Waals surface area contributed by atoms with Crippen LogP contribution in [-0.2, 0) is 24.3 Å². The Kier molecular flexibility index (Phi) is 4.80. The van der Waals surface area contributed by atoms with Gasteiger partial charge in [-0.25, -0.2) is 4.79 Å². The van der Waals surface area contributed by atoms with Crippen molar-refractivity contribution in [3.8, 4) is 0 Å². The molecule has 0 saturated carbocycles. The third kappa shape index (κ3) is 3.73. The number of aromatic amines is 1. The zero-order chi connectivity index (χ0) is 19.5. The first-order valence-corrected chi connectivity index (χ1v) is 9.10. The number of benzene rings is 2. The molecule has 0 radical (unpaired) electrons. The molecular formula is C21H20N4O3. The monoisotopic (exact) mass is 376 g/mol. The van der Waals surface area contributed by atoms with Crippen LogP contribution < -0.4 is 21.5 Å². The number of nitrogens with one attached hydrogen (secondary N) is 2. The van der Waals surface area contributed by atoms with Crippen molar-refractivity contribution in [2.24, 2.45) is 0 Å². The summed E-state index contributed by atoms with van der Waals surface area (Å²) in [4.78, 5) is 39.8. The van der Waals surface area contributed by atoms with Gasteiger partial charge in [0.05, 0.1) is 11.4 Å². The normalized spacial score (nSPS) is 13.1. The SMILES string of the molecule is O=C(Cn1ccc(=O)[nH]c1=O)Nc1ccccc1N1CCc2ccccc2C1. The second-order valence-electron chi connectivity index (χ2n) is 6.74. The standard InChI is InChI=1S/C21H20N4O3/c26-19-10-12-25(21(28)23-19)14-20(27)22-17-7-3-4-8-18(17)24-11-9-15-5-1-2-6-16(15)13-24/h1-8,10,12H,9,11,13-14H2,(H,22,27)(H,23,26,28). The van der Waals surface area contributed by atoms with Crippen molar-refractivity contribution < 1.29 is 4.79 Å². The quantitative estimate of drug-likeness (QED) is 0.726. The molecule has 0 bridgehead atoms. The van der Waals surface area contributed by atoms with E-state index in [0.29, 0.717) is 5.69 Å². The van der Waals surface area contributed by atoms with E-state index >= 15 is 0 Å². The van der Waals surface area contributed by atoms with Crippen LogP contribution in [0, 0.1) is 0 Å². The Labute approximate surface area is 161 Å². The highest BCUT2D eigenvalue weighted by Crippen LogP contribution is 2.30. The highest BCUT2D eigenvalue weighted by Gasteiger charge is 2.19. The second kappa shape index (κ2) is 7.56. The van der Waals surface area contributed by atoms with Gasteiger partial charge in [-0.3, -0.25) is 19.1 Å². The number of carbonyl (C=O) groups is 1. The summed E-state index contributed by atoms with van der Waals surface area (Å²) in [5.41, 5.74) is 3.19. The molecule has 3 aromatic rings. The molecule has 28 heavy (non-hydrogen) atoms. The molecule has 0 atom stereocenters. The molecule has 0 fully saturated rings. The zero-order valence-corrected chi connectivity index (χ0v) is 15.2. The van der Waals surface area contributed by atoms with Crippen molar-refractivity contribution >= 4 is 17.3 Å². The molecule has 4 rings (SSSR count). The van der Waals surface area contributed by atoms with Gasteiger partial charge in [-0.1, -0.05) is 36.4 Å². The summed E-state index contributed by atoms with van der Waals surface area (Å²) in [5.74, 6) is -0.334. The summed E-state index contributed by atoms with van der Waals surface area (Å²) >= 11 is 0. The van der Waals surface area contributed by atoms with Gasteiger partial charge < -0.3 is 10.2 Å². The molecular weight excluding hydrogens is 356 g/mol. The second-order valence-corrected chi connectivity index (χ2v) is 6.74. The van der Waals surface area contributed by atoms with Crippen LogP contribution in [0.1, 0.15) is 11.1 Å². The fourth-order valence-corrected chi connectivity index (χ4v) is 3.47. The van der Waals surface area contributed by atoms with Gasteiger partial charge in [0.25, 0.3) is 5.56 Å². The Morgan fingerprint density at radius 2 is 1.75 bits per heavy atom. The molecule has 1 amide bonds. The fraction of sp³-hybridized carbons (Fsp3) is 0.190. The minimum absolute atomic E-state index is 0.174. The van der Waals surface area contributed by atoms with E-state index in [1.54, 1.807) is 0 Å². The lowest BCUT2D eigenvalue weighted by atomic mass is 9.99. The first-order chi connectivity index (χ1) is 13.6. The van der Waals surface area contributed by atoms with Gasteiger partial charge in [0.1, 0.15) is 6.54 Å². The molecule has 7 heteroatoms. The van der Waals surface area contributed by atoms with Crippen LogP contribution in [0.2, 0.25) is 0 Å². The minimum atomic E-state index is -0.608. The summed E-state index contributed by atoms with van der Waals surface area (Å²) in [6, 6.07) is 17.2. The number of nitrogens with zero attached hydrogens (tertiary/aromatic N) is 2. The van der Waals surface area contributed by atoms with E-state index in [-0.39, 0.29) is 12.5 Å². The Balaban J connectivity index is 1.53. The molecule has 0 spiro atoms. The van der Waals surface area contributed by atoms with E-state index in [9.17, 15) is 14.4 Å². The summed E-state index contributed by atoms with van der Waals surface area (Å²) < 4.78 is 1.16. The predicted octanol–water partition coefficient (Wildman–Crippen LogP) is 1.74. The van der Waals surface area contributed by atoms with Crippen molar-refractivity contribution in [2.75, 3.05) is 16.8 Å². The highest BCUT2D eigenvalue weighted by molar-refractivity contribution is 5.94. The number of fused-ring (bicyclic) bond motifs is 1. The molecule has 1 aliphatic heterocycles. The maximum atomic E-state index is 12.5. The first-order valence-electron chi connectivity index (χ1n) is 9.10. The van der Waals surface area contributed by atoms with Gasteiger partial charge in [-0.05, 0) is 29.7 Å². The van der Waals surface area contributed by atoms with E-state index in [1.807, 2.05) is 30.3 Å². The molecule has 1 aromatic heterocycles. The number of amides is 1. The Morgan fingerprint density at radius 1 is 1.00 bits per heavy atom. The van der Waals surface area contributed by atoms with Gasteiger partial charge in [-0.15, -0.1) is 0 Å². The average molecular weight is 376 g/mol. The molecule has 142 valence electrons. The number of aromatic nitrogens is 2. The largest absolute Gasteiger partial charge is 0.365 e. The lowest BCUT2D eigenvalue weighted by Gasteiger charge is -2.32. The highest BCUT2D eigenvalue weighted by atomic mass is 16.2. The van der Waals surface area contributed by atoms with Crippen LogP contribution in [0.5, 0.6) is 0 Å².